The molecule has 9 nitrogen and oxygen atoms in total. The first-order valence-corrected chi connectivity index (χ1v) is 13.2. The molecule has 1 saturated heterocycles. The van der Waals surface area contributed by atoms with Gasteiger partial charge in [0, 0.05) is 47.0 Å². The van der Waals surface area contributed by atoms with Crippen LogP contribution in [0.25, 0.3) is 43.6 Å². The van der Waals surface area contributed by atoms with Crippen LogP contribution in [0.2, 0.25) is 0 Å². The molecule has 1 aliphatic rings. The van der Waals surface area contributed by atoms with Gasteiger partial charge in [0.25, 0.3) is 5.91 Å². The lowest BCUT2D eigenvalue weighted by Crippen LogP contribution is -2.40. The number of amides is 1. The van der Waals surface area contributed by atoms with Crippen molar-refractivity contribution in [2.45, 2.75) is 0 Å². The maximum absolute atomic E-state index is 12.9. The fourth-order valence-corrected chi connectivity index (χ4v) is 5.46. The Bertz CT molecular complexity index is 1750. The average Bonchev–Trinajstić information content (AvgIpc) is 3.74. The molecule has 1 aliphatic heterocycles. The number of aromatic amines is 2. The van der Waals surface area contributed by atoms with E-state index in [1.807, 2.05) is 58.9 Å². The van der Waals surface area contributed by atoms with E-state index < -0.39 is 0 Å². The number of benzene rings is 2. The van der Waals surface area contributed by atoms with Gasteiger partial charge in [0.05, 0.1) is 29.6 Å². The van der Waals surface area contributed by atoms with Gasteiger partial charge in [-0.25, -0.2) is 9.97 Å². The molecule has 38 heavy (non-hydrogen) atoms. The number of thiophene rings is 1. The van der Waals surface area contributed by atoms with E-state index in [0.29, 0.717) is 37.8 Å². The summed E-state index contributed by atoms with van der Waals surface area (Å²) < 4.78 is 6.37. The van der Waals surface area contributed by atoms with Crippen LogP contribution in [0.4, 0.5) is 11.5 Å². The maximum Gasteiger partial charge on any atom is 0.270 e. The van der Waals surface area contributed by atoms with Crippen molar-refractivity contribution in [3.8, 4) is 22.5 Å². The minimum Gasteiger partial charge on any atom is -0.378 e. The Morgan fingerprint density at radius 2 is 1.82 bits per heavy atom. The van der Waals surface area contributed by atoms with E-state index in [0.717, 1.165) is 49.3 Å². The molecule has 0 spiro atoms. The van der Waals surface area contributed by atoms with Gasteiger partial charge in [-0.1, -0.05) is 24.3 Å². The number of anilines is 2. The van der Waals surface area contributed by atoms with E-state index in [1.54, 1.807) is 17.5 Å². The highest BCUT2D eigenvalue weighted by Gasteiger charge is 2.20. The summed E-state index contributed by atoms with van der Waals surface area (Å²) in [5.74, 6) is 1.36. The van der Waals surface area contributed by atoms with Crippen LogP contribution in [0.5, 0.6) is 0 Å². The van der Waals surface area contributed by atoms with Gasteiger partial charge in [0.1, 0.15) is 5.69 Å². The number of ether oxygens (including phenoxy) is 1. The lowest BCUT2D eigenvalue weighted by molar-refractivity contribution is 0.0299. The first-order chi connectivity index (χ1) is 18.7. The third-order valence-corrected chi connectivity index (χ3v) is 7.60. The zero-order valence-electron chi connectivity index (χ0n) is 20.3. The third kappa shape index (κ3) is 4.19. The molecule has 4 aromatic heterocycles. The van der Waals surface area contributed by atoms with Crippen LogP contribution >= 0.6 is 11.3 Å². The zero-order chi connectivity index (χ0) is 25.5. The van der Waals surface area contributed by atoms with Crippen molar-refractivity contribution in [1.29, 1.82) is 0 Å². The largest absolute Gasteiger partial charge is 0.378 e. The monoisotopic (exact) mass is 521 g/mol. The molecule has 7 rings (SSSR count). The number of aromatic nitrogens is 5. The molecule has 0 radical (unpaired) electrons. The predicted octanol–water partition coefficient (Wildman–Crippen LogP) is 5.45. The lowest BCUT2D eigenvalue weighted by atomic mass is 10.1. The molecule has 3 N–H and O–H groups in total. The van der Waals surface area contributed by atoms with Crippen LogP contribution in [0.15, 0.2) is 72.4 Å². The summed E-state index contributed by atoms with van der Waals surface area (Å²) in [6.07, 6.45) is 3.67. The van der Waals surface area contributed by atoms with Gasteiger partial charge in [-0.3, -0.25) is 9.89 Å². The number of H-pyrrole nitrogens is 2. The van der Waals surface area contributed by atoms with Crippen LogP contribution in [-0.2, 0) is 4.74 Å². The van der Waals surface area contributed by atoms with E-state index in [2.05, 4.69) is 32.6 Å². The normalized spacial score (nSPS) is 13.8. The van der Waals surface area contributed by atoms with E-state index in [9.17, 15) is 4.79 Å². The summed E-state index contributed by atoms with van der Waals surface area (Å²) in [5, 5.41) is 13.3. The highest BCUT2D eigenvalue weighted by molar-refractivity contribution is 7.17. The SMILES string of the molecule is O=C(c1cc2ccc(-c3nc(Nc4ccc(-c5cn[nH]c5)cc4)c4sccc4n3)cc2[nH]1)N1CCOCC1. The fourth-order valence-electron chi connectivity index (χ4n) is 4.69. The van der Waals surface area contributed by atoms with Crippen molar-refractivity contribution in [1.82, 2.24) is 30.0 Å². The van der Waals surface area contributed by atoms with Crippen molar-refractivity contribution in [2.75, 3.05) is 31.6 Å². The van der Waals surface area contributed by atoms with Crippen LogP contribution in [0.3, 0.4) is 0 Å². The van der Waals surface area contributed by atoms with E-state index in [4.69, 9.17) is 14.7 Å². The van der Waals surface area contributed by atoms with Gasteiger partial charge in [-0.05, 0) is 41.3 Å². The molecule has 1 amide bonds. The topological polar surface area (TPSA) is 112 Å². The third-order valence-electron chi connectivity index (χ3n) is 6.69. The first-order valence-electron chi connectivity index (χ1n) is 12.3. The van der Waals surface area contributed by atoms with E-state index in [-0.39, 0.29) is 5.91 Å². The molecule has 1 fully saturated rings. The molecule has 0 unspecified atom stereocenters. The number of hydrogen-bond acceptors (Lipinski definition) is 7. The summed E-state index contributed by atoms with van der Waals surface area (Å²) in [7, 11) is 0. The zero-order valence-corrected chi connectivity index (χ0v) is 21.1. The number of fused-ring (bicyclic) bond motifs is 2. The Labute approximate surface area is 221 Å². The standard InChI is InChI=1S/C28H23N7O2S/c36-28(35-8-10-37-11-9-35)24-13-18-1-2-19(14-23(18)32-24)26-33-22-7-12-38-25(22)27(34-26)31-21-5-3-17(4-6-21)20-15-29-30-16-20/h1-7,12-16,32H,8-11H2,(H,29,30)(H,31,33,34). The van der Waals surface area contributed by atoms with Crippen molar-refractivity contribution >= 4 is 49.9 Å². The Balaban J connectivity index is 1.20. The van der Waals surface area contributed by atoms with Crippen LogP contribution in [-0.4, -0.2) is 62.3 Å². The minimum atomic E-state index is -0.00716. The molecule has 10 heteroatoms. The van der Waals surface area contributed by atoms with Crippen LogP contribution in [0, 0.1) is 0 Å². The number of nitrogens with zero attached hydrogens (tertiary/aromatic N) is 4. The average molecular weight is 522 g/mol. The molecule has 0 saturated carbocycles. The molecule has 0 aliphatic carbocycles. The number of carbonyl (C=O) groups is 1. The van der Waals surface area contributed by atoms with Crippen LogP contribution < -0.4 is 5.32 Å². The van der Waals surface area contributed by atoms with Gasteiger partial charge < -0.3 is 19.9 Å². The summed E-state index contributed by atoms with van der Waals surface area (Å²) >= 11 is 1.60. The molecule has 5 heterocycles. The maximum atomic E-state index is 12.9. The Morgan fingerprint density at radius 1 is 0.974 bits per heavy atom. The van der Waals surface area contributed by atoms with E-state index in [1.165, 1.54) is 0 Å². The highest BCUT2D eigenvalue weighted by Crippen LogP contribution is 2.32. The van der Waals surface area contributed by atoms with E-state index >= 15 is 0 Å². The van der Waals surface area contributed by atoms with Gasteiger partial charge >= 0.3 is 0 Å². The molecular weight excluding hydrogens is 498 g/mol. The lowest BCUT2D eigenvalue weighted by Gasteiger charge is -2.26. The smallest absolute Gasteiger partial charge is 0.270 e. The Morgan fingerprint density at radius 3 is 2.63 bits per heavy atom. The number of carbonyl (C=O) groups excluding carboxylic acids is 1. The summed E-state index contributed by atoms with van der Waals surface area (Å²) in [5.41, 5.74) is 6.26. The molecular formula is C28H23N7O2S. The minimum absolute atomic E-state index is 0.00716. The second-order valence-electron chi connectivity index (χ2n) is 9.11. The second-order valence-corrected chi connectivity index (χ2v) is 10.0. The predicted molar refractivity (Wildman–Crippen MR) is 149 cm³/mol. The number of rotatable bonds is 5. The summed E-state index contributed by atoms with van der Waals surface area (Å²) in [6, 6.07) is 18.1. The highest BCUT2D eigenvalue weighted by atomic mass is 32.1. The van der Waals surface area contributed by atoms with Crippen molar-refractivity contribution in [3.05, 3.63) is 78.1 Å². The van der Waals surface area contributed by atoms with Crippen molar-refractivity contribution < 1.29 is 9.53 Å². The van der Waals surface area contributed by atoms with Gasteiger partial charge in [0.2, 0.25) is 0 Å². The molecule has 0 atom stereocenters. The summed E-state index contributed by atoms with van der Waals surface area (Å²) in [6.45, 7) is 2.36. The van der Waals surface area contributed by atoms with Crippen molar-refractivity contribution in [2.24, 2.45) is 0 Å². The number of hydrogen-bond donors (Lipinski definition) is 3. The number of morpholine rings is 1. The number of nitrogens with one attached hydrogen (secondary N) is 3. The Hall–Kier alpha value is -4.54. The second kappa shape index (κ2) is 9.40. The van der Waals surface area contributed by atoms with Gasteiger partial charge in [0.15, 0.2) is 11.6 Å². The molecule has 6 aromatic rings. The van der Waals surface area contributed by atoms with Crippen LogP contribution in [0.1, 0.15) is 10.5 Å². The fraction of sp³-hybridized carbons (Fsp3) is 0.143. The van der Waals surface area contributed by atoms with Crippen molar-refractivity contribution in [3.63, 3.8) is 0 Å². The van der Waals surface area contributed by atoms with Gasteiger partial charge in [-0.2, -0.15) is 5.10 Å². The summed E-state index contributed by atoms with van der Waals surface area (Å²) in [4.78, 5) is 27.8. The quantitative estimate of drug-likeness (QED) is 0.278. The molecule has 188 valence electrons. The Kier molecular flexibility index (Phi) is 5.60. The molecule has 2 aromatic carbocycles. The molecule has 0 bridgehead atoms. The van der Waals surface area contributed by atoms with Gasteiger partial charge in [-0.15, -0.1) is 11.3 Å². The first kappa shape index (κ1) is 22.6.